The van der Waals surface area contributed by atoms with Crippen LogP contribution in [-0.2, 0) is 4.79 Å². The van der Waals surface area contributed by atoms with Gasteiger partial charge in [-0.3, -0.25) is 9.69 Å². The molecule has 2 aliphatic heterocycles. The molecule has 0 radical (unpaired) electrons. The van der Waals surface area contributed by atoms with Crippen molar-refractivity contribution >= 4 is 11.6 Å². The van der Waals surface area contributed by atoms with Crippen molar-refractivity contribution in [3.8, 4) is 11.5 Å². The fourth-order valence-corrected chi connectivity index (χ4v) is 2.74. The number of fused-ring (bicyclic) bond motifs is 1. The number of carbonyl (C=O) groups is 1. The molecule has 0 aliphatic carbocycles. The molecular formula is C16H23N3O3. The topological polar surface area (TPSA) is 54.0 Å². The molecule has 1 N–H and O–H groups in total. The van der Waals surface area contributed by atoms with Crippen molar-refractivity contribution in [1.29, 1.82) is 0 Å². The number of nitrogens with one attached hydrogen (secondary N) is 1. The van der Waals surface area contributed by atoms with E-state index in [0.29, 0.717) is 19.0 Å². The molecule has 0 saturated carbocycles. The smallest absolute Gasteiger partial charge is 0.241 e. The standard InChI is InChI=1S/C16H23N3O3/c1-12(19-7-5-18(2)6-8-19)16(20)17-13-3-4-14-15(11-13)22-10-9-21-14/h3-4,11-12H,5-10H2,1-2H3,(H,17,20)/t12-/m0/s1. The van der Waals surface area contributed by atoms with Crippen LogP contribution in [-0.4, -0.2) is 68.2 Å². The van der Waals surface area contributed by atoms with E-state index in [-0.39, 0.29) is 11.9 Å². The Bertz CT molecular complexity index is 541. The minimum atomic E-state index is -0.137. The second-order valence-corrected chi connectivity index (χ2v) is 5.86. The van der Waals surface area contributed by atoms with Crippen molar-refractivity contribution in [3.63, 3.8) is 0 Å². The van der Waals surface area contributed by atoms with Gasteiger partial charge in [0.1, 0.15) is 13.2 Å². The average molecular weight is 305 g/mol. The van der Waals surface area contributed by atoms with Gasteiger partial charge in [0.15, 0.2) is 11.5 Å². The van der Waals surface area contributed by atoms with Gasteiger partial charge in [-0.05, 0) is 26.1 Å². The molecule has 0 unspecified atom stereocenters. The van der Waals surface area contributed by atoms with E-state index in [1.807, 2.05) is 25.1 Å². The van der Waals surface area contributed by atoms with Crippen LogP contribution in [0.2, 0.25) is 0 Å². The first-order valence-corrected chi connectivity index (χ1v) is 7.76. The van der Waals surface area contributed by atoms with Crippen molar-refractivity contribution < 1.29 is 14.3 Å². The number of nitrogens with zero attached hydrogens (tertiary/aromatic N) is 2. The second kappa shape index (κ2) is 6.54. The Labute approximate surface area is 131 Å². The van der Waals surface area contributed by atoms with Crippen LogP contribution in [0.25, 0.3) is 0 Å². The van der Waals surface area contributed by atoms with Crippen LogP contribution < -0.4 is 14.8 Å². The lowest BCUT2D eigenvalue weighted by atomic mass is 10.2. The average Bonchev–Trinajstić information content (AvgIpc) is 2.55. The zero-order valence-corrected chi connectivity index (χ0v) is 13.2. The summed E-state index contributed by atoms with van der Waals surface area (Å²) in [7, 11) is 2.11. The molecule has 120 valence electrons. The number of hydrogen-bond acceptors (Lipinski definition) is 5. The highest BCUT2D eigenvalue weighted by Gasteiger charge is 2.24. The number of carbonyl (C=O) groups excluding carboxylic acids is 1. The number of rotatable bonds is 3. The Morgan fingerprint density at radius 3 is 2.55 bits per heavy atom. The van der Waals surface area contributed by atoms with Crippen LogP contribution in [0.5, 0.6) is 11.5 Å². The van der Waals surface area contributed by atoms with E-state index in [0.717, 1.165) is 37.6 Å². The molecule has 6 heteroatoms. The predicted molar refractivity (Wildman–Crippen MR) is 84.6 cm³/mol. The first-order valence-electron chi connectivity index (χ1n) is 7.76. The Balaban J connectivity index is 1.61. The van der Waals surface area contributed by atoms with Gasteiger partial charge >= 0.3 is 0 Å². The maximum atomic E-state index is 12.4. The highest BCUT2D eigenvalue weighted by atomic mass is 16.6. The predicted octanol–water partition coefficient (Wildman–Crippen LogP) is 1.03. The van der Waals surface area contributed by atoms with Crippen molar-refractivity contribution in [2.24, 2.45) is 0 Å². The van der Waals surface area contributed by atoms with Gasteiger partial charge in [-0.15, -0.1) is 0 Å². The third-order valence-corrected chi connectivity index (χ3v) is 4.27. The molecule has 1 saturated heterocycles. The molecule has 1 fully saturated rings. The Hall–Kier alpha value is -1.79. The number of ether oxygens (including phenoxy) is 2. The Morgan fingerprint density at radius 1 is 1.14 bits per heavy atom. The molecule has 1 aromatic carbocycles. The molecule has 1 amide bonds. The number of piperazine rings is 1. The molecule has 3 rings (SSSR count). The van der Waals surface area contributed by atoms with Crippen molar-refractivity contribution in [1.82, 2.24) is 9.80 Å². The van der Waals surface area contributed by atoms with E-state index in [1.54, 1.807) is 0 Å². The quantitative estimate of drug-likeness (QED) is 0.904. The van der Waals surface area contributed by atoms with Gasteiger partial charge < -0.3 is 19.7 Å². The summed E-state index contributed by atoms with van der Waals surface area (Å²) >= 11 is 0. The summed E-state index contributed by atoms with van der Waals surface area (Å²) in [6.07, 6.45) is 0. The van der Waals surface area contributed by atoms with Gasteiger partial charge in [0.2, 0.25) is 5.91 Å². The Morgan fingerprint density at radius 2 is 1.82 bits per heavy atom. The van der Waals surface area contributed by atoms with E-state index >= 15 is 0 Å². The van der Waals surface area contributed by atoms with Gasteiger partial charge in [-0.1, -0.05) is 0 Å². The summed E-state index contributed by atoms with van der Waals surface area (Å²) in [5, 5.41) is 2.97. The van der Waals surface area contributed by atoms with E-state index < -0.39 is 0 Å². The van der Waals surface area contributed by atoms with Crippen LogP contribution in [0.4, 0.5) is 5.69 Å². The van der Waals surface area contributed by atoms with Crippen LogP contribution in [0.1, 0.15) is 6.92 Å². The number of anilines is 1. The summed E-state index contributed by atoms with van der Waals surface area (Å²) in [4.78, 5) is 16.9. The maximum absolute atomic E-state index is 12.4. The maximum Gasteiger partial charge on any atom is 0.241 e. The van der Waals surface area contributed by atoms with Gasteiger partial charge in [-0.25, -0.2) is 0 Å². The van der Waals surface area contributed by atoms with E-state index in [2.05, 4.69) is 22.2 Å². The number of likely N-dealkylation sites (N-methyl/N-ethyl adjacent to an activating group) is 1. The SMILES string of the molecule is C[C@@H](C(=O)Nc1ccc2c(c1)OCCO2)N1CCN(C)CC1. The lowest BCUT2D eigenvalue weighted by Crippen LogP contribution is -2.51. The first-order chi connectivity index (χ1) is 10.6. The molecule has 0 spiro atoms. The van der Waals surface area contributed by atoms with Crippen LogP contribution >= 0.6 is 0 Å². The highest BCUT2D eigenvalue weighted by molar-refractivity contribution is 5.94. The van der Waals surface area contributed by atoms with E-state index in [4.69, 9.17) is 9.47 Å². The molecule has 6 nitrogen and oxygen atoms in total. The van der Waals surface area contributed by atoms with Crippen molar-refractivity contribution in [3.05, 3.63) is 18.2 Å². The number of amides is 1. The minimum Gasteiger partial charge on any atom is -0.486 e. The fourth-order valence-electron chi connectivity index (χ4n) is 2.74. The zero-order chi connectivity index (χ0) is 15.5. The summed E-state index contributed by atoms with van der Waals surface area (Å²) < 4.78 is 11.0. The molecule has 22 heavy (non-hydrogen) atoms. The van der Waals surface area contributed by atoms with E-state index in [9.17, 15) is 4.79 Å². The summed E-state index contributed by atoms with van der Waals surface area (Å²) in [5.41, 5.74) is 0.746. The minimum absolute atomic E-state index is 0.0150. The lowest BCUT2D eigenvalue weighted by molar-refractivity contribution is -0.121. The monoisotopic (exact) mass is 305 g/mol. The van der Waals surface area contributed by atoms with Gasteiger partial charge in [0, 0.05) is 37.9 Å². The van der Waals surface area contributed by atoms with Gasteiger partial charge in [0.05, 0.1) is 6.04 Å². The van der Waals surface area contributed by atoms with Gasteiger partial charge in [0.25, 0.3) is 0 Å². The molecule has 2 heterocycles. The summed E-state index contributed by atoms with van der Waals surface area (Å²) in [6.45, 7) is 6.92. The third-order valence-electron chi connectivity index (χ3n) is 4.27. The highest BCUT2D eigenvalue weighted by Crippen LogP contribution is 2.32. The van der Waals surface area contributed by atoms with Gasteiger partial charge in [-0.2, -0.15) is 0 Å². The van der Waals surface area contributed by atoms with Crippen molar-refractivity contribution in [2.45, 2.75) is 13.0 Å². The zero-order valence-electron chi connectivity index (χ0n) is 13.2. The molecule has 0 bridgehead atoms. The van der Waals surface area contributed by atoms with E-state index in [1.165, 1.54) is 0 Å². The Kier molecular flexibility index (Phi) is 4.49. The molecular weight excluding hydrogens is 282 g/mol. The molecule has 1 aromatic rings. The number of benzene rings is 1. The molecule has 0 aromatic heterocycles. The first kappa shape index (κ1) is 15.1. The second-order valence-electron chi connectivity index (χ2n) is 5.86. The van der Waals surface area contributed by atoms with Crippen molar-refractivity contribution in [2.75, 3.05) is 51.8 Å². The lowest BCUT2D eigenvalue weighted by Gasteiger charge is -2.35. The largest absolute Gasteiger partial charge is 0.486 e. The summed E-state index contributed by atoms with van der Waals surface area (Å²) in [5.74, 6) is 1.44. The van der Waals surface area contributed by atoms with Crippen LogP contribution in [0.3, 0.4) is 0 Å². The van der Waals surface area contributed by atoms with Crippen LogP contribution in [0.15, 0.2) is 18.2 Å². The fraction of sp³-hybridized carbons (Fsp3) is 0.562. The number of hydrogen-bond donors (Lipinski definition) is 1. The van der Waals surface area contributed by atoms with Crippen LogP contribution in [0, 0.1) is 0 Å². The summed E-state index contributed by atoms with van der Waals surface area (Å²) in [6, 6.07) is 5.37. The third kappa shape index (κ3) is 3.34. The molecule has 1 atom stereocenters. The molecule has 2 aliphatic rings. The normalized spacial score (nSPS) is 20.5.